The fraction of sp³-hybridized carbons (Fsp3) is 0.423. The lowest BCUT2D eigenvalue weighted by molar-refractivity contribution is -0.126. The summed E-state index contributed by atoms with van der Waals surface area (Å²) in [5, 5.41) is 7.16. The molecule has 3 aromatic rings. The van der Waals surface area contributed by atoms with Crippen LogP contribution in [-0.4, -0.2) is 62.5 Å². The van der Waals surface area contributed by atoms with Gasteiger partial charge in [0.15, 0.2) is 11.5 Å². The van der Waals surface area contributed by atoms with Gasteiger partial charge in [-0.25, -0.2) is 0 Å². The van der Waals surface area contributed by atoms with Gasteiger partial charge in [0, 0.05) is 23.6 Å². The van der Waals surface area contributed by atoms with Crippen molar-refractivity contribution >= 4 is 5.91 Å². The molecule has 36 heavy (non-hydrogen) atoms. The Morgan fingerprint density at radius 2 is 1.69 bits per heavy atom. The van der Waals surface area contributed by atoms with Gasteiger partial charge < -0.3 is 28.8 Å². The van der Waals surface area contributed by atoms with Crippen molar-refractivity contribution in [1.82, 2.24) is 20.4 Å². The fourth-order valence-electron chi connectivity index (χ4n) is 4.30. The number of likely N-dealkylation sites (tertiary alicyclic amines) is 1. The highest BCUT2D eigenvalue weighted by Gasteiger charge is 2.26. The van der Waals surface area contributed by atoms with E-state index in [0.29, 0.717) is 36.3 Å². The van der Waals surface area contributed by atoms with Gasteiger partial charge in [-0.3, -0.25) is 9.69 Å². The third-order valence-electron chi connectivity index (χ3n) is 6.37. The van der Waals surface area contributed by atoms with Crippen LogP contribution in [0.3, 0.4) is 0 Å². The van der Waals surface area contributed by atoms with Crippen molar-refractivity contribution in [3.63, 3.8) is 0 Å². The van der Waals surface area contributed by atoms with E-state index in [0.717, 1.165) is 48.6 Å². The van der Waals surface area contributed by atoms with Gasteiger partial charge in [0.25, 0.3) is 0 Å². The molecular weight excluding hydrogens is 464 g/mol. The Kier molecular flexibility index (Phi) is 8.27. The second-order valence-corrected chi connectivity index (χ2v) is 8.53. The summed E-state index contributed by atoms with van der Waals surface area (Å²) in [6.07, 6.45) is 1.52. The standard InChI is InChI=1S/C26H32N4O6/c1-32-20-6-8-21(33-2)19(13-20)15-27-26(31)17-9-11-30(12-10-17)16-24-28-25(29-36-24)18-5-7-22(34-3)23(14-18)35-4/h5-8,13-14,17H,9-12,15-16H2,1-4H3,(H,27,31). The first-order valence-corrected chi connectivity index (χ1v) is 11.8. The number of ether oxygens (including phenoxy) is 4. The van der Waals surface area contributed by atoms with E-state index in [1.165, 1.54) is 0 Å². The molecule has 1 aromatic heterocycles. The van der Waals surface area contributed by atoms with Crippen LogP contribution >= 0.6 is 0 Å². The van der Waals surface area contributed by atoms with Gasteiger partial charge in [-0.15, -0.1) is 0 Å². The molecule has 0 bridgehead atoms. The molecule has 1 fully saturated rings. The van der Waals surface area contributed by atoms with Crippen molar-refractivity contribution in [1.29, 1.82) is 0 Å². The van der Waals surface area contributed by atoms with Gasteiger partial charge in [-0.1, -0.05) is 5.16 Å². The van der Waals surface area contributed by atoms with Crippen LogP contribution in [0.4, 0.5) is 0 Å². The van der Waals surface area contributed by atoms with Crippen molar-refractivity contribution in [3.05, 3.63) is 47.9 Å². The maximum absolute atomic E-state index is 12.8. The van der Waals surface area contributed by atoms with Gasteiger partial charge in [-0.2, -0.15) is 4.98 Å². The minimum atomic E-state index is -0.0390. The SMILES string of the molecule is COc1ccc(OC)c(CNC(=O)C2CCN(Cc3nc(-c4ccc(OC)c(OC)c4)no3)CC2)c1. The largest absolute Gasteiger partial charge is 0.497 e. The molecule has 0 unspecified atom stereocenters. The number of piperidine rings is 1. The average Bonchev–Trinajstić information content (AvgIpc) is 3.39. The summed E-state index contributed by atoms with van der Waals surface area (Å²) in [5.41, 5.74) is 1.66. The van der Waals surface area contributed by atoms with Gasteiger partial charge in [-0.05, 0) is 62.3 Å². The maximum Gasteiger partial charge on any atom is 0.241 e. The average molecular weight is 497 g/mol. The highest BCUT2D eigenvalue weighted by molar-refractivity contribution is 5.78. The minimum Gasteiger partial charge on any atom is -0.497 e. The molecule has 0 aliphatic carbocycles. The summed E-state index contributed by atoms with van der Waals surface area (Å²) >= 11 is 0. The first kappa shape index (κ1) is 25.3. The molecule has 0 saturated carbocycles. The van der Waals surface area contributed by atoms with E-state index in [1.54, 1.807) is 28.4 Å². The summed E-state index contributed by atoms with van der Waals surface area (Å²) in [4.78, 5) is 19.5. The van der Waals surface area contributed by atoms with E-state index in [-0.39, 0.29) is 11.8 Å². The second kappa shape index (κ2) is 11.8. The van der Waals surface area contributed by atoms with E-state index in [4.69, 9.17) is 23.5 Å². The van der Waals surface area contributed by atoms with Crippen LogP contribution in [-0.2, 0) is 17.9 Å². The van der Waals surface area contributed by atoms with Crippen molar-refractivity contribution < 1.29 is 28.3 Å². The van der Waals surface area contributed by atoms with Gasteiger partial charge in [0.05, 0.1) is 35.0 Å². The van der Waals surface area contributed by atoms with Crippen LogP contribution in [0.2, 0.25) is 0 Å². The number of hydrogen-bond donors (Lipinski definition) is 1. The molecule has 2 aromatic carbocycles. The molecule has 0 radical (unpaired) electrons. The number of rotatable bonds is 10. The molecule has 192 valence electrons. The summed E-state index contributed by atoms with van der Waals surface area (Å²) in [6, 6.07) is 11.0. The lowest BCUT2D eigenvalue weighted by Gasteiger charge is -2.30. The number of nitrogens with zero attached hydrogens (tertiary/aromatic N) is 3. The molecule has 1 aliphatic heterocycles. The topological polar surface area (TPSA) is 108 Å². The smallest absolute Gasteiger partial charge is 0.241 e. The molecule has 1 N–H and O–H groups in total. The Bertz CT molecular complexity index is 1170. The lowest BCUT2D eigenvalue weighted by atomic mass is 9.96. The molecule has 1 aliphatic rings. The third kappa shape index (κ3) is 5.88. The Labute approximate surface area is 210 Å². The van der Waals surface area contributed by atoms with Crippen LogP contribution in [0.15, 0.2) is 40.9 Å². The molecule has 1 saturated heterocycles. The van der Waals surface area contributed by atoms with Gasteiger partial charge in [0.2, 0.25) is 17.6 Å². The van der Waals surface area contributed by atoms with Gasteiger partial charge >= 0.3 is 0 Å². The zero-order chi connectivity index (χ0) is 25.5. The van der Waals surface area contributed by atoms with Crippen LogP contribution in [0.5, 0.6) is 23.0 Å². The minimum absolute atomic E-state index is 0.0390. The molecule has 0 atom stereocenters. The molecule has 0 spiro atoms. The normalized spacial score (nSPS) is 14.3. The lowest BCUT2D eigenvalue weighted by Crippen LogP contribution is -2.40. The van der Waals surface area contributed by atoms with Crippen LogP contribution in [0, 0.1) is 5.92 Å². The summed E-state index contributed by atoms with van der Waals surface area (Å²) in [6.45, 7) is 2.47. The molecule has 1 amide bonds. The van der Waals surface area contributed by atoms with Crippen LogP contribution in [0.1, 0.15) is 24.3 Å². The van der Waals surface area contributed by atoms with Crippen molar-refractivity contribution in [3.8, 4) is 34.4 Å². The molecule has 10 heteroatoms. The monoisotopic (exact) mass is 496 g/mol. The zero-order valence-corrected chi connectivity index (χ0v) is 21.1. The number of carbonyl (C=O) groups excluding carboxylic acids is 1. The first-order valence-electron chi connectivity index (χ1n) is 11.8. The second-order valence-electron chi connectivity index (χ2n) is 8.53. The molecule has 2 heterocycles. The quantitative estimate of drug-likeness (QED) is 0.452. The third-order valence-corrected chi connectivity index (χ3v) is 6.37. The summed E-state index contributed by atoms with van der Waals surface area (Å²) in [7, 11) is 6.41. The van der Waals surface area contributed by atoms with E-state index in [9.17, 15) is 4.79 Å². The zero-order valence-electron chi connectivity index (χ0n) is 21.1. The van der Waals surface area contributed by atoms with Crippen molar-refractivity contribution in [2.45, 2.75) is 25.9 Å². The molecular formula is C26H32N4O6. The molecule has 10 nitrogen and oxygen atoms in total. The van der Waals surface area contributed by atoms with Crippen molar-refractivity contribution in [2.75, 3.05) is 41.5 Å². The Balaban J connectivity index is 1.28. The van der Waals surface area contributed by atoms with E-state index < -0.39 is 0 Å². The van der Waals surface area contributed by atoms with Gasteiger partial charge in [0.1, 0.15) is 11.5 Å². The fourth-order valence-corrected chi connectivity index (χ4v) is 4.30. The Morgan fingerprint density at radius 3 is 2.39 bits per heavy atom. The Morgan fingerprint density at radius 1 is 0.972 bits per heavy atom. The summed E-state index contributed by atoms with van der Waals surface area (Å²) in [5.74, 6) is 3.73. The number of hydrogen-bond acceptors (Lipinski definition) is 9. The maximum atomic E-state index is 12.8. The van der Waals surface area contributed by atoms with Crippen LogP contribution in [0.25, 0.3) is 11.4 Å². The number of carbonyl (C=O) groups is 1. The summed E-state index contributed by atoms with van der Waals surface area (Å²) < 4.78 is 26.8. The number of amides is 1. The van der Waals surface area contributed by atoms with E-state index in [2.05, 4.69) is 20.4 Å². The van der Waals surface area contributed by atoms with E-state index >= 15 is 0 Å². The number of nitrogens with one attached hydrogen (secondary N) is 1. The van der Waals surface area contributed by atoms with Crippen LogP contribution < -0.4 is 24.3 Å². The highest BCUT2D eigenvalue weighted by Crippen LogP contribution is 2.31. The number of benzene rings is 2. The predicted octanol–water partition coefficient (Wildman–Crippen LogP) is 3.30. The number of aromatic nitrogens is 2. The highest BCUT2D eigenvalue weighted by atomic mass is 16.5. The van der Waals surface area contributed by atoms with Crippen molar-refractivity contribution in [2.24, 2.45) is 5.92 Å². The Hall–Kier alpha value is -3.79. The van der Waals surface area contributed by atoms with E-state index in [1.807, 2.05) is 36.4 Å². The first-order chi connectivity index (χ1) is 17.5. The molecule has 4 rings (SSSR count). The predicted molar refractivity (Wildman–Crippen MR) is 132 cm³/mol. The number of methoxy groups -OCH3 is 4.